The lowest BCUT2D eigenvalue weighted by molar-refractivity contribution is 0.0314. The number of rotatable bonds is 4. The van der Waals surface area contributed by atoms with Gasteiger partial charge in [0.05, 0.1) is 35.2 Å². The van der Waals surface area contributed by atoms with Crippen LogP contribution in [0.2, 0.25) is 5.02 Å². The molecule has 1 aliphatic rings. The molecular formula is C12H20ClN3O. The largest absolute Gasteiger partial charge is 0.373 e. The van der Waals surface area contributed by atoms with Gasteiger partial charge in [-0.1, -0.05) is 11.6 Å². The maximum atomic E-state index is 6.23. The van der Waals surface area contributed by atoms with Gasteiger partial charge in [-0.2, -0.15) is 5.10 Å². The number of nitrogens with one attached hydrogen (secondary N) is 1. The molecule has 0 aromatic carbocycles. The molecule has 0 spiro atoms. The van der Waals surface area contributed by atoms with E-state index in [1.165, 1.54) is 0 Å². The van der Waals surface area contributed by atoms with Crippen molar-refractivity contribution in [3.63, 3.8) is 0 Å². The Kier molecular flexibility index (Phi) is 4.07. The Hall–Kier alpha value is -0.580. The summed E-state index contributed by atoms with van der Waals surface area (Å²) in [5.41, 5.74) is 1.04. The fourth-order valence-corrected chi connectivity index (χ4v) is 2.77. The van der Waals surface area contributed by atoms with E-state index >= 15 is 0 Å². The van der Waals surface area contributed by atoms with Crippen LogP contribution in [-0.4, -0.2) is 29.0 Å². The Morgan fingerprint density at radius 3 is 2.94 bits per heavy atom. The second-order valence-corrected chi connectivity index (χ2v) is 4.93. The summed E-state index contributed by atoms with van der Waals surface area (Å²) in [6.07, 6.45) is 4.42. The fourth-order valence-electron chi connectivity index (χ4n) is 2.51. The summed E-state index contributed by atoms with van der Waals surface area (Å²) >= 11 is 6.23. The molecule has 96 valence electrons. The lowest BCUT2D eigenvalue weighted by Crippen LogP contribution is -2.31. The first-order valence-electron chi connectivity index (χ1n) is 6.21. The van der Waals surface area contributed by atoms with E-state index in [2.05, 4.69) is 24.3 Å². The minimum absolute atomic E-state index is 0.120. The van der Waals surface area contributed by atoms with Crippen LogP contribution in [0.25, 0.3) is 0 Å². The van der Waals surface area contributed by atoms with E-state index in [-0.39, 0.29) is 12.1 Å². The van der Waals surface area contributed by atoms with Crippen molar-refractivity contribution in [1.29, 1.82) is 0 Å². The molecule has 4 nitrogen and oxygen atoms in total. The van der Waals surface area contributed by atoms with Crippen LogP contribution >= 0.6 is 11.6 Å². The van der Waals surface area contributed by atoms with Gasteiger partial charge in [-0.25, -0.2) is 0 Å². The Morgan fingerprint density at radius 2 is 2.41 bits per heavy atom. The number of aromatic nitrogens is 2. The maximum Gasteiger partial charge on any atom is 0.0835 e. The first-order valence-corrected chi connectivity index (χ1v) is 6.59. The van der Waals surface area contributed by atoms with Crippen LogP contribution in [0.15, 0.2) is 6.20 Å². The quantitative estimate of drug-likeness (QED) is 0.900. The Balaban J connectivity index is 2.25. The molecule has 17 heavy (non-hydrogen) atoms. The average Bonchev–Trinajstić information content (AvgIpc) is 2.89. The summed E-state index contributed by atoms with van der Waals surface area (Å²) in [4.78, 5) is 0. The summed E-state index contributed by atoms with van der Waals surface area (Å²) < 4.78 is 7.87. The molecule has 1 aliphatic heterocycles. The number of hydrogen-bond donors (Lipinski definition) is 1. The van der Waals surface area contributed by atoms with Gasteiger partial charge in [0.25, 0.3) is 0 Å². The summed E-state index contributed by atoms with van der Waals surface area (Å²) in [5, 5.41) is 8.31. The standard InChI is InChI=1S/C12H20ClN3O/c1-4-16-12(9(13)7-15-16)11(14-3)10-6-5-8(2)17-10/h7-8,10-11,14H,4-6H2,1-3H3. The molecule has 1 fully saturated rings. The van der Waals surface area contributed by atoms with Gasteiger partial charge in [0, 0.05) is 6.54 Å². The molecule has 0 radical (unpaired) electrons. The van der Waals surface area contributed by atoms with Crippen LogP contribution in [0.5, 0.6) is 0 Å². The summed E-state index contributed by atoms with van der Waals surface area (Å²) in [6.45, 7) is 5.01. The molecule has 5 heteroatoms. The van der Waals surface area contributed by atoms with Crippen LogP contribution in [-0.2, 0) is 11.3 Å². The zero-order chi connectivity index (χ0) is 12.4. The highest BCUT2D eigenvalue weighted by Gasteiger charge is 2.32. The highest BCUT2D eigenvalue weighted by molar-refractivity contribution is 6.31. The smallest absolute Gasteiger partial charge is 0.0835 e. The van der Waals surface area contributed by atoms with E-state index < -0.39 is 0 Å². The van der Waals surface area contributed by atoms with Gasteiger partial charge >= 0.3 is 0 Å². The minimum Gasteiger partial charge on any atom is -0.373 e. The molecule has 3 unspecified atom stereocenters. The monoisotopic (exact) mass is 257 g/mol. The lowest BCUT2D eigenvalue weighted by Gasteiger charge is -2.24. The van der Waals surface area contributed by atoms with Crippen molar-refractivity contribution in [3.8, 4) is 0 Å². The van der Waals surface area contributed by atoms with Crippen molar-refractivity contribution in [2.75, 3.05) is 7.05 Å². The summed E-state index contributed by atoms with van der Waals surface area (Å²) in [7, 11) is 1.94. The number of ether oxygens (including phenoxy) is 1. The van der Waals surface area contributed by atoms with Gasteiger partial charge < -0.3 is 10.1 Å². The number of halogens is 1. The van der Waals surface area contributed by atoms with E-state index in [0.717, 1.165) is 25.1 Å². The molecule has 0 aliphatic carbocycles. The highest BCUT2D eigenvalue weighted by atomic mass is 35.5. The van der Waals surface area contributed by atoms with Gasteiger partial charge in [0.1, 0.15) is 0 Å². The van der Waals surface area contributed by atoms with E-state index in [1.54, 1.807) is 6.20 Å². The van der Waals surface area contributed by atoms with Crippen LogP contribution < -0.4 is 5.32 Å². The van der Waals surface area contributed by atoms with Gasteiger partial charge in [-0.05, 0) is 33.7 Å². The SMILES string of the molecule is CCn1ncc(Cl)c1C(NC)C1CCC(C)O1. The third-order valence-corrected chi connectivity index (χ3v) is 3.67. The number of hydrogen-bond acceptors (Lipinski definition) is 3. The van der Waals surface area contributed by atoms with Crippen molar-refractivity contribution in [3.05, 3.63) is 16.9 Å². The molecule has 0 amide bonds. The van der Waals surface area contributed by atoms with Gasteiger partial charge in [-0.3, -0.25) is 4.68 Å². The minimum atomic E-state index is 0.120. The van der Waals surface area contributed by atoms with E-state index in [4.69, 9.17) is 16.3 Å². The Labute approximate surface area is 107 Å². The lowest BCUT2D eigenvalue weighted by atomic mass is 10.0. The average molecular weight is 258 g/mol. The fraction of sp³-hybridized carbons (Fsp3) is 0.750. The molecule has 1 saturated heterocycles. The predicted molar refractivity (Wildman–Crippen MR) is 68.3 cm³/mol. The zero-order valence-electron chi connectivity index (χ0n) is 10.6. The van der Waals surface area contributed by atoms with Crippen LogP contribution in [0.4, 0.5) is 0 Å². The topological polar surface area (TPSA) is 39.1 Å². The summed E-state index contributed by atoms with van der Waals surface area (Å²) in [5.74, 6) is 0. The zero-order valence-corrected chi connectivity index (χ0v) is 11.4. The second kappa shape index (κ2) is 5.38. The number of aryl methyl sites for hydroxylation is 1. The highest BCUT2D eigenvalue weighted by Crippen LogP contribution is 2.33. The van der Waals surface area contributed by atoms with Gasteiger partial charge in [-0.15, -0.1) is 0 Å². The van der Waals surface area contributed by atoms with Crippen molar-refractivity contribution < 1.29 is 4.74 Å². The number of likely N-dealkylation sites (N-methyl/N-ethyl adjacent to an activating group) is 1. The van der Waals surface area contributed by atoms with Crippen LogP contribution in [0, 0.1) is 0 Å². The second-order valence-electron chi connectivity index (χ2n) is 4.52. The normalized spacial score (nSPS) is 26.4. The van der Waals surface area contributed by atoms with Crippen molar-refractivity contribution >= 4 is 11.6 Å². The molecule has 1 aromatic heterocycles. The Bertz CT molecular complexity index is 380. The number of nitrogens with zero attached hydrogens (tertiary/aromatic N) is 2. The van der Waals surface area contributed by atoms with E-state index in [1.807, 2.05) is 11.7 Å². The van der Waals surface area contributed by atoms with E-state index in [9.17, 15) is 0 Å². The predicted octanol–water partition coefficient (Wildman–Crippen LogP) is 2.38. The molecule has 0 bridgehead atoms. The molecule has 1 N–H and O–H groups in total. The first-order chi connectivity index (χ1) is 8.17. The van der Waals surface area contributed by atoms with E-state index in [0.29, 0.717) is 11.1 Å². The van der Waals surface area contributed by atoms with Crippen molar-refractivity contribution in [2.24, 2.45) is 0 Å². The summed E-state index contributed by atoms with van der Waals surface area (Å²) in [6, 6.07) is 0.120. The third kappa shape index (κ3) is 2.49. The molecule has 1 aromatic rings. The Morgan fingerprint density at radius 1 is 1.65 bits per heavy atom. The van der Waals surface area contributed by atoms with Crippen molar-refractivity contribution in [2.45, 2.75) is 51.5 Å². The molecule has 0 saturated carbocycles. The molecule has 2 rings (SSSR count). The van der Waals surface area contributed by atoms with Crippen molar-refractivity contribution in [1.82, 2.24) is 15.1 Å². The van der Waals surface area contributed by atoms with Gasteiger partial charge in [0.2, 0.25) is 0 Å². The van der Waals surface area contributed by atoms with Crippen LogP contribution in [0.1, 0.15) is 38.4 Å². The maximum absolute atomic E-state index is 6.23. The molecular weight excluding hydrogens is 238 g/mol. The first kappa shape index (κ1) is 12.9. The third-order valence-electron chi connectivity index (χ3n) is 3.37. The van der Waals surface area contributed by atoms with Crippen LogP contribution in [0.3, 0.4) is 0 Å². The molecule has 2 heterocycles. The molecule has 3 atom stereocenters. The van der Waals surface area contributed by atoms with Gasteiger partial charge in [0.15, 0.2) is 0 Å².